The molecule has 0 unspecified atom stereocenters. The van der Waals surface area contributed by atoms with Gasteiger partial charge in [-0.15, -0.1) is 12.4 Å². The quantitative estimate of drug-likeness (QED) is 0.734. The van der Waals surface area contributed by atoms with E-state index in [2.05, 4.69) is 27.0 Å². The third kappa shape index (κ3) is 3.20. The van der Waals surface area contributed by atoms with Gasteiger partial charge in [0.2, 0.25) is 5.95 Å². The minimum absolute atomic E-state index is 0. The molecule has 0 fully saturated rings. The summed E-state index contributed by atoms with van der Waals surface area (Å²) in [7, 11) is 0. The molecule has 1 heterocycles. The van der Waals surface area contributed by atoms with E-state index in [0.29, 0.717) is 19.1 Å². The van der Waals surface area contributed by atoms with Gasteiger partial charge in [-0.2, -0.15) is 0 Å². The first-order valence-electron chi connectivity index (χ1n) is 6.81. The molecule has 1 aromatic heterocycles. The number of anilines is 1. The minimum atomic E-state index is 0. The van der Waals surface area contributed by atoms with E-state index in [9.17, 15) is 0 Å². The van der Waals surface area contributed by atoms with Crippen LogP contribution in [0.4, 0.5) is 5.95 Å². The largest absolute Gasteiger partial charge is 0.494 e. The molecule has 4 nitrogen and oxygen atoms in total. The minimum Gasteiger partial charge on any atom is -0.494 e. The number of rotatable bonds is 4. The predicted molar refractivity (Wildman–Crippen MR) is 95.8 cm³/mol. The van der Waals surface area contributed by atoms with E-state index >= 15 is 0 Å². The molecule has 0 amide bonds. The van der Waals surface area contributed by atoms with Gasteiger partial charge < -0.3 is 15.0 Å². The van der Waals surface area contributed by atoms with Gasteiger partial charge in [0.25, 0.3) is 0 Å². The zero-order chi connectivity index (χ0) is 14.8. The molecule has 22 heavy (non-hydrogen) atoms. The first-order valence-corrected chi connectivity index (χ1v) is 7.60. The van der Waals surface area contributed by atoms with Crippen molar-refractivity contribution in [2.24, 2.45) is 0 Å². The monoisotopic (exact) mass is 381 g/mol. The molecule has 0 radical (unpaired) electrons. The number of ether oxygens (including phenoxy) is 1. The number of hydrogen-bond acceptors (Lipinski definition) is 3. The molecular formula is C16H17BrClN3O. The van der Waals surface area contributed by atoms with E-state index in [0.717, 1.165) is 26.8 Å². The molecule has 6 heteroatoms. The number of halogens is 2. The Morgan fingerprint density at radius 1 is 1.23 bits per heavy atom. The molecule has 3 rings (SSSR count). The maximum absolute atomic E-state index is 6.07. The van der Waals surface area contributed by atoms with Crippen molar-refractivity contribution in [1.82, 2.24) is 9.55 Å². The van der Waals surface area contributed by atoms with Crippen molar-refractivity contribution in [3.8, 4) is 5.75 Å². The number of nitrogens with two attached hydrogens (primary N) is 1. The third-order valence-electron chi connectivity index (χ3n) is 3.35. The lowest BCUT2D eigenvalue weighted by Crippen LogP contribution is -2.05. The van der Waals surface area contributed by atoms with E-state index in [1.54, 1.807) is 0 Å². The predicted octanol–water partition coefficient (Wildman–Crippen LogP) is 4.25. The third-order valence-corrected chi connectivity index (χ3v) is 4.12. The van der Waals surface area contributed by atoms with Gasteiger partial charge in [0.15, 0.2) is 0 Å². The van der Waals surface area contributed by atoms with Crippen molar-refractivity contribution < 1.29 is 4.74 Å². The van der Waals surface area contributed by atoms with Crippen molar-refractivity contribution in [1.29, 1.82) is 0 Å². The molecule has 0 aliphatic carbocycles. The van der Waals surface area contributed by atoms with E-state index in [-0.39, 0.29) is 12.4 Å². The van der Waals surface area contributed by atoms with Crippen LogP contribution in [0, 0.1) is 0 Å². The van der Waals surface area contributed by atoms with Crippen molar-refractivity contribution in [2.75, 3.05) is 12.3 Å². The van der Waals surface area contributed by atoms with E-state index in [1.807, 2.05) is 47.9 Å². The van der Waals surface area contributed by atoms with E-state index < -0.39 is 0 Å². The first kappa shape index (κ1) is 16.6. The molecule has 0 saturated carbocycles. The summed E-state index contributed by atoms with van der Waals surface area (Å²) >= 11 is 3.57. The Balaban J connectivity index is 0.00000176. The zero-order valence-corrected chi connectivity index (χ0v) is 14.5. The second-order valence-electron chi connectivity index (χ2n) is 4.73. The van der Waals surface area contributed by atoms with Crippen molar-refractivity contribution in [3.05, 3.63) is 52.5 Å². The van der Waals surface area contributed by atoms with Crippen molar-refractivity contribution in [3.63, 3.8) is 0 Å². The average Bonchev–Trinajstić information content (AvgIpc) is 2.77. The van der Waals surface area contributed by atoms with Crippen LogP contribution in [-0.2, 0) is 6.54 Å². The standard InChI is InChI=1S/C16H16BrN3O.ClH/c1-2-21-12-7-8-15-14(9-12)19-16(18)20(15)10-11-5-3-4-6-13(11)17;/h3-9H,2,10H2,1H3,(H2,18,19);1H. The molecule has 0 aliphatic heterocycles. The normalized spacial score (nSPS) is 10.5. The van der Waals surface area contributed by atoms with Gasteiger partial charge in [0.05, 0.1) is 24.2 Å². The smallest absolute Gasteiger partial charge is 0.201 e. The van der Waals surface area contributed by atoms with Crippen LogP contribution < -0.4 is 10.5 Å². The number of benzene rings is 2. The molecule has 0 aliphatic rings. The fourth-order valence-electron chi connectivity index (χ4n) is 2.35. The summed E-state index contributed by atoms with van der Waals surface area (Å²) in [4.78, 5) is 4.43. The number of fused-ring (bicyclic) bond motifs is 1. The fourth-order valence-corrected chi connectivity index (χ4v) is 2.76. The molecular weight excluding hydrogens is 366 g/mol. The van der Waals surface area contributed by atoms with Crippen LogP contribution in [0.3, 0.4) is 0 Å². The second-order valence-corrected chi connectivity index (χ2v) is 5.59. The van der Waals surface area contributed by atoms with Gasteiger partial charge >= 0.3 is 0 Å². The summed E-state index contributed by atoms with van der Waals surface area (Å²) in [6, 6.07) is 14.0. The molecule has 3 aromatic rings. The SMILES string of the molecule is CCOc1ccc2c(c1)nc(N)n2Cc1ccccc1Br.Cl. The molecule has 0 bridgehead atoms. The second kappa shape index (κ2) is 7.03. The van der Waals surface area contributed by atoms with Gasteiger partial charge in [0.1, 0.15) is 5.75 Å². The summed E-state index contributed by atoms with van der Waals surface area (Å²) < 4.78 is 8.57. The molecule has 2 N–H and O–H groups in total. The Hall–Kier alpha value is -1.72. The van der Waals surface area contributed by atoms with Gasteiger partial charge in [-0.3, -0.25) is 0 Å². The highest BCUT2D eigenvalue weighted by atomic mass is 79.9. The van der Waals surface area contributed by atoms with Crippen LogP contribution in [0.15, 0.2) is 46.9 Å². The Kier molecular flexibility index (Phi) is 5.32. The van der Waals surface area contributed by atoms with Crippen LogP contribution in [-0.4, -0.2) is 16.2 Å². The lowest BCUT2D eigenvalue weighted by atomic mass is 10.2. The molecule has 0 atom stereocenters. The highest BCUT2D eigenvalue weighted by Gasteiger charge is 2.10. The Morgan fingerprint density at radius 3 is 2.73 bits per heavy atom. The number of imidazole rings is 1. The van der Waals surface area contributed by atoms with Crippen molar-refractivity contribution >= 4 is 45.3 Å². The van der Waals surface area contributed by atoms with Gasteiger partial charge in [0, 0.05) is 10.5 Å². The topological polar surface area (TPSA) is 53.1 Å². The van der Waals surface area contributed by atoms with Gasteiger partial charge in [-0.1, -0.05) is 34.1 Å². The molecule has 116 valence electrons. The summed E-state index contributed by atoms with van der Waals surface area (Å²) in [5.41, 5.74) is 9.09. The van der Waals surface area contributed by atoms with Crippen LogP contribution in [0.1, 0.15) is 12.5 Å². The Bertz CT molecular complexity index is 788. The van der Waals surface area contributed by atoms with Gasteiger partial charge in [-0.25, -0.2) is 4.98 Å². The number of nitrogen functional groups attached to an aromatic ring is 1. The highest BCUT2D eigenvalue weighted by Crippen LogP contribution is 2.25. The van der Waals surface area contributed by atoms with Crippen LogP contribution >= 0.6 is 28.3 Å². The lowest BCUT2D eigenvalue weighted by molar-refractivity contribution is 0.340. The average molecular weight is 383 g/mol. The number of hydrogen-bond donors (Lipinski definition) is 1. The number of aromatic nitrogens is 2. The Labute approximate surface area is 143 Å². The zero-order valence-electron chi connectivity index (χ0n) is 12.1. The number of nitrogens with zero attached hydrogens (tertiary/aromatic N) is 2. The van der Waals surface area contributed by atoms with Gasteiger partial charge in [-0.05, 0) is 30.7 Å². The molecule has 0 spiro atoms. The highest BCUT2D eigenvalue weighted by molar-refractivity contribution is 9.10. The van der Waals surface area contributed by atoms with E-state index in [4.69, 9.17) is 10.5 Å². The molecule has 0 saturated heterocycles. The maximum Gasteiger partial charge on any atom is 0.201 e. The summed E-state index contributed by atoms with van der Waals surface area (Å²) in [5, 5.41) is 0. The van der Waals surface area contributed by atoms with Crippen LogP contribution in [0.25, 0.3) is 11.0 Å². The fraction of sp³-hybridized carbons (Fsp3) is 0.188. The van der Waals surface area contributed by atoms with Crippen molar-refractivity contribution in [2.45, 2.75) is 13.5 Å². The lowest BCUT2D eigenvalue weighted by Gasteiger charge is -2.09. The summed E-state index contributed by atoms with van der Waals surface area (Å²) in [5.74, 6) is 1.32. The van der Waals surface area contributed by atoms with Crippen LogP contribution in [0.5, 0.6) is 5.75 Å². The molecule has 2 aromatic carbocycles. The van der Waals surface area contributed by atoms with E-state index in [1.165, 1.54) is 0 Å². The summed E-state index contributed by atoms with van der Waals surface area (Å²) in [6.45, 7) is 3.28. The summed E-state index contributed by atoms with van der Waals surface area (Å²) in [6.07, 6.45) is 0. The first-order chi connectivity index (χ1) is 10.2. The maximum atomic E-state index is 6.07. The Morgan fingerprint density at radius 2 is 2.00 bits per heavy atom. The van der Waals surface area contributed by atoms with Crippen LogP contribution in [0.2, 0.25) is 0 Å².